The Labute approximate surface area is 121 Å². The first-order chi connectivity index (χ1) is 8.82. The summed E-state index contributed by atoms with van der Waals surface area (Å²) in [5.74, 6) is -0.552. The number of rotatable bonds is 2. The number of ketones is 1. The van der Waals surface area contributed by atoms with Crippen molar-refractivity contribution in [3.05, 3.63) is 52.9 Å². The highest BCUT2D eigenvalue weighted by molar-refractivity contribution is 7.20. The molecule has 0 atom stereocenters. The van der Waals surface area contributed by atoms with E-state index in [1.165, 1.54) is 26.4 Å². The Morgan fingerprint density at radius 3 is 2.37 bits per heavy atom. The highest BCUT2D eigenvalue weighted by Gasteiger charge is 2.20. The molecule has 0 N–H and O–H groups in total. The van der Waals surface area contributed by atoms with E-state index < -0.39 is 17.0 Å². The molecule has 5 nitrogen and oxygen atoms in total. The normalized spacial score (nSPS) is 10.7. The van der Waals surface area contributed by atoms with Gasteiger partial charge in [0.15, 0.2) is 0 Å². The smallest absolute Gasteiger partial charge is 0.303 e. The molecule has 2 aromatic rings. The van der Waals surface area contributed by atoms with E-state index in [-0.39, 0.29) is 15.5 Å². The number of carbonyl (C=O) groups excluding carboxylic acids is 1. The van der Waals surface area contributed by atoms with Crippen LogP contribution in [0.2, 0.25) is 8.67 Å². The third-order valence-corrected chi connectivity index (χ3v) is 4.08. The molecule has 0 aliphatic rings. The van der Waals surface area contributed by atoms with Crippen molar-refractivity contribution < 1.29 is 4.79 Å². The van der Waals surface area contributed by atoms with Crippen LogP contribution in [0.25, 0.3) is 0 Å². The van der Waals surface area contributed by atoms with Gasteiger partial charge in [-0.3, -0.25) is 14.2 Å². The Morgan fingerprint density at radius 2 is 1.84 bits per heavy atom. The molecule has 2 rings (SSSR count). The first-order valence-corrected chi connectivity index (χ1v) is 6.66. The minimum Gasteiger partial charge on any atom is -0.303 e. The zero-order valence-corrected chi connectivity index (χ0v) is 12.3. The fourth-order valence-electron chi connectivity index (χ4n) is 1.60. The van der Waals surface area contributed by atoms with Crippen molar-refractivity contribution >= 4 is 40.3 Å². The number of thiophene rings is 1. The van der Waals surface area contributed by atoms with Crippen molar-refractivity contribution in [1.82, 2.24) is 9.13 Å². The average Bonchev–Trinajstić information content (AvgIpc) is 2.69. The molecule has 100 valence electrons. The second kappa shape index (κ2) is 4.96. The van der Waals surface area contributed by atoms with Crippen LogP contribution in [0.3, 0.4) is 0 Å². The van der Waals surface area contributed by atoms with Gasteiger partial charge in [0.2, 0.25) is 5.78 Å². The molecule has 0 radical (unpaired) electrons. The molecule has 0 aliphatic heterocycles. The van der Waals surface area contributed by atoms with Crippen LogP contribution in [-0.2, 0) is 14.1 Å². The molecule has 2 heterocycles. The SMILES string of the molecule is Cn1cc(C(=O)c2cc(Cl)sc2Cl)c(=O)n(C)c1=O. The number of nitrogens with zero attached hydrogens (tertiary/aromatic N) is 2. The molecule has 0 amide bonds. The van der Waals surface area contributed by atoms with Crippen molar-refractivity contribution in [1.29, 1.82) is 0 Å². The second-order valence-corrected chi connectivity index (χ2v) is 6.15. The van der Waals surface area contributed by atoms with Gasteiger partial charge in [-0.25, -0.2) is 4.79 Å². The van der Waals surface area contributed by atoms with Crippen LogP contribution in [0.15, 0.2) is 21.9 Å². The maximum atomic E-state index is 12.3. The van der Waals surface area contributed by atoms with Gasteiger partial charge in [0.05, 0.1) is 9.90 Å². The number of aromatic nitrogens is 2. The molecule has 0 spiro atoms. The summed E-state index contributed by atoms with van der Waals surface area (Å²) in [7, 11) is 2.77. The van der Waals surface area contributed by atoms with Crippen LogP contribution < -0.4 is 11.2 Å². The molecule has 0 bridgehead atoms. The summed E-state index contributed by atoms with van der Waals surface area (Å²) >= 11 is 12.7. The third kappa shape index (κ3) is 2.39. The zero-order chi connectivity index (χ0) is 14.3. The summed E-state index contributed by atoms with van der Waals surface area (Å²) < 4.78 is 2.60. The number of aryl methyl sites for hydroxylation is 1. The van der Waals surface area contributed by atoms with Crippen LogP contribution in [0.4, 0.5) is 0 Å². The molecular formula is C11H8Cl2N2O3S. The summed E-state index contributed by atoms with van der Waals surface area (Å²) in [5, 5.41) is 0. The van der Waals surface area contributed by atoms with Crippen LogP contribution in [-0.4, -0.2) is 14.9 Å². The Morgan fingerprint density at radius 1 is 1.21 bits per heavy atom. The molecule has 0 fully saturated rings. The zero-order valence-electron chi connectivity index (χ0n) is 9.94. The Balaban J connectivity index is 2.67. The first-order valence-electron chi connectivity index (χ1n) is 5.09. The highest BCUT2D eigenvalue weighted by Crippen LogP contribution is 2.32. The molecule has 0 saturated heterocycles. The van der Waals surface area contributed by atoms with Gasteiger partial charge in [-0.2, -0.15) is 0 Å². The standard InChI is InChI=1S/C11H8Cl2N2O3S/c1-14-4-6(10(17)15(2)11(14)18)8(16)5-3-7(12)19-9(5)13/h3-4H,1-2H3. The monoisotopic (exact) mass is 318 g/mol. The third-order valence-electron chi connectivity index (χ3n) is 2.59. The molecule has 19 heavy (non-hydrogen) atoms. The maximum absolute atomic E-state index is 12.3. The van der Waals surface area contributed by atoms with E-state index in [1.54, 1.807) is 0 Å². The molecule has 0 unspecified atom stereocenters. The van der Waals surface area contributed by atoms with Crippen LogP contribution >= 0.6 is 34.5 Å². The summed E-state index contributed by atoms with van der Waals surface area (Å²) in [6, 6.07) is 1.40. The lowest BCUT2D eigenvalue weighted by Gasteiger charge is -2.05. The Bertz CT molecular complexity index is 788. The van der Waals surface area contributed by atoms with E-state index >= 15 is 0 Å². The van der Waals surface area contributed by atoms with Crippen molar-refractivity contribution in [3.8, 4) is 0 Å². The van der Waals surface area contributed by atoms with Gasteiger partial charge in [-0.1, -0.05) is 23.2 Å². The van der Waals surface area contributed by atoms with Gasteiger partial charge in [0.25, 0.3) is 5.56 Å². The fraction of sp³-hybridized carbons (Fsp3) is 0.182. The Kier molecular flexibility index (Phi) is 3.66. The first kappa shape index (κ1) is 14.0. The van der Waals surface area contributed by atoms with Gasteiger partial charge in [-0.15, -0.1) is 11.3 Å². The second-order valence-electron chi connectivity index (χ2n) is 3.87. The largest absolute Gasteiger partial charge is 0.330 e. The van der Waals surface area contributed by atoms with Crippen molar-refractivity contribution in [2.24, 2.45) is 14.1 Å². The minimum atomic E-state index is -0.661. The minimum absolute atomic E-state index is 0.124. The quantitative estimate of drug-likeness (QED) is 0.791. The van der Waals surface area contributed by atoms with Gasteiger partial charge < -0.3 is 4.57 Å². The van der Waals surface area contributed by atoms with E-state index in [0.29, 0.717) is 4.34 Å². The van der Waals surface area contributed by atoms with Crippen LogP contribution in [0.1, 0.15) is 15.9 Å². The van der Waals surface area contributed by atoms with Gasteiger partial charge in [0.1, 0.15) is 9.90 Å². The molecular weight excluding hydrogens is 311 g/mol. The van der Waals surface area contributed by atoms with E-state index in [1.807, 2.05) is 0 Å². The highest BCUT2D eigenvalue weighted by atomic mass is 35.5. The predicted molar refractivity (Wildman–Crippen MR) is 74.7 cm³/mol. The summed E-state index contributed by atoms with van der Waals surface area (Å²) in [4.78, 5) is 35.7. The van der Waals surface area contributed by atoms with Gasteiger partial charge >= 0.3 is 5.69 Å². The number of hydrogen-bond acceptors (Lipinski definition) is 4. The molecule has 0 saturated carbocycles. The molecule has 0 aliphatic carbocycles. The van der Waals surface area contributed by atoms with Gasteiger partial charge in [-0.05, 0) is 6.07 Å². The maximum Gasteiger partial charge on any atom is 0.330 e. The van der Waals surface area contributed by atoms with Gasteiger partial charge in [0, 0.05) is 20.3 Å². The fourth-order valence-corrected chi connectivity index (χ4v) is 3.06. The lowest BCUT2D eigenvalue weighted by molar-refractivity contribution is 0.103. The van der Waals surface area contributed by atoms with E-state index in [4.69, 9.17) is 23.2 Å². The van der Waals surface area contributed by atoms with E-state index in [0.717, 1.165) is 20.5 Å². The van der Waals surface area contributed by atoms with Crippen molar-refractivity contribution in [2.75, 3.05) is 0 Å². The predicted octanol–water partition coefficient (Wildman–Crippen LogP) is 1.68. The summed E-state index contributed by atoms with van der Waals surface area (Å²) in [6.45, 7) is 0. The van der Waals surface area contributed by atoms with Crippen LogP contribution in [0, 0.1) is 0 Å². The van der Waals surface area contributed by atoms with E-state index in [9.17, 15) is 14.4 Å². The lowest BCUT2D eigenvalue weighted by atomic mass is 10.1. The number of carbonyl (C=O) groups is 1. The summed E-state index contributed by atoms with van der Waals surface area (Å²) in [6.07, 6.45) is 1.20. The molecule has 8 heteroatoms. The summed E-state index contributed by atoms with van der Waals surface area (Å²) in [5.41, 5.74) is -1.13. The Hall–Kier alpha value is -1.37. The number of hydrogen-bond donors (Lipinski definition) is 0. The molecule has 2 aromatic heterocycles. The van der Waals surface area contributed by atoms with E-state index in [2.05, 4.69) is 0 Å². The lowest BCUT2D eigenvalue weighted by Crippen LogP contribution is -2.39. The number of halogens is 2. The average molecular weight is 319 g/mol. The van der Waals surface area contributed by atoms with Crippen molar-refractivity contribution in [3.63, 3.8) is 0 Å². The van der Waals surface area contributed by atoms with Crippen LogP contribution in [0.5, 0.6) is 0 Å². The van der Waals surface area contributed by atoms with Crippen molar-refractivity contribution in [2.45, 2.75) is 0 Å². The molecule has 0 aromatic carbocycles. The topological polar surface area (TPSA) is 61.1 Å².